The molecule has 0 spiro atoms. The Morgan fingerprint density at radius 2 is 1.70 bits per heavy atom. The SMILES string of the molecule is CN1CCC(Oc2ccc3c(c2)n(C)c(=O)n3C)CC1. The van der Waals surface area contributed by atoms with Gasteiger partial charge in [0.25, 0.3) is 0 Å². The number of ether oxygens (including phenoxy) is 1. The van der Waals surface area contributed by atoms with E-state index in [1.165, 1.54) is 0 Å². The maximum Gasteiger partial charge on any atom is 0.328 e. The minimum absolute atomic E-state index is 0.00330. The van der Waals surface area contributed by atoms with Crippen LogP contribution in [0.2, 0.25) is 0 Å². The number of aryl methyl sites for hydroxylation is 2. The van der Waals surface area contributed by atoms with E-state index in [0.717, 1.165) is 42.7 Å². The number of aromatic nitrogens is 2. The molecule has 5 nitrogen and oxygen atoms in total. The fraction of sp³-hybridized carbons (Fsp3) is 0.533. The summed E-state index contributed by atoms with van der Waals surface area (Å²) in [7, 11) is 5.73. The highest BCUT2D eigenvalue weighted by Crippen LogP contribution is 2.23. The average molecular weight is 275 g/mol. The molecular formula is C15H21N3O2. The van der Waals surface area contributed by atoms with Gasteiger partial charge in [0.2, 0.25) is 0 Å². The highest BCUT2D eigenvalue weighted by molar-refractivity contribution is 5.77. The Bertz CT molecular complexity index is 678. The molecule has 3 rings (SSSR count). The molecule has 2 aromatic rings. The van der Waals surface area contributed by atoms with E-state index in [9.17, 15) is 4.79 Å². The third kappa shape index (κ3) is 2.22. The van der Waals surface area contributed by atoms with E-state index in [1.807, 2.05) is 18.2 Å². The number of imidazole rings is 1. The number of nitrogens with zero attached hydrogens (tertiary/aromatic N) is 3. The third-order valence-corrected chi connectivity index (χ3v) is 4.21. The maximum absolute atomic E-state index is 11.9. The first-order valence-corrected chi connectivity index (χ1v) is 7.07. The van der Waals surface area contributed by atoms with E-state index in [4.69, 9.17) is 4.74 Å². The van der Waals surface area contributed by atoms with Crippen LogP contribution in [0.1, 0.15) is 12.8 Å². The Morgan fingerprint density at radius 1 is 1.05 bits per heavy atom. The van der Waals surface area contributed by atoms with Crippen LogP contribution in [0.4, 0.5) is 0 Å². The number of benzene rings is 1. The molecule has 0 atom stereocenters. The van der Waals surface area contributed by atoms with E-state index in [0.29, 0.717) is 0 Å². The van der Waals surface area contributed by atoms with E-state index in [1.54, 1.807) is 23.2 Å². The first-order valence-electron chi connectivity index (χ1n) is 7.07. The molecule has 0 unspecified atom stereocenters. The van der Waals surface area contributed by atoms with Gasteiger partial charge in [0.1, 0.15) is 11.9 Å². The maximum atomic E-state index is 11.9. The van der Waals surface area contributed by atoms with Crippen molar-refractivity contribution in [1.29, 1.82) is 0 Å². The second-order valence-corrected chi connectivity index (χ2v) is 5.67. The van der Waals surface area contributed by atoms with Gasteiger partial charge >= 0.3 is 5.69 Å². The second kappa shape index (κ2) is 4.98. The van der Waals surface area contributed by atoms with Crippen molar-refractivity contribution in [3.05, 3.63) is 28.7 Å². The van der Waals surface area contributed by atoms with Gasteiger partial charge in [0.05, 0.1) is 11.0 Å². The van der Waals surface area contributed by atoms with Gasteiger partial charge in [-0.2, -0.15) is 0 Å². The van der Waals surface area contributed by atoms with Crippen molar-refractivity contribution in [3.63, 3.8) is 0 Å². The molecule has 1 aliphatic rings. The van der Waals surface area contributed by atoms with E-state index < -0.39 is 0 Å². The summed E-state index contributed by atoms with van der Waals surface area (Å²) < 4.78 is 9.39. The van der Waals surface area contributed by atoms with Crippen LogP contribution in [-0.2, 0) is 14.1 Å². The van der Waals surface area contributed by atoms with Gasteiger partial charge in [0.15, 0.2) is 0 Å². The number of likely N-dealkylation sites (tertiary alicyclic amines) is 1. The van der Waals surface area contributed by atoms with Crippen LogP contribution < -0.4 is 10.4 Å². The lowest BCUT2D eigenvalue weighted by molar-refractivity contribution is 0.114. The zero-order valence-corrected chi connectivity index (χ0v) is 12.3. The molecule has 0 aliphatic carbocycles. The second-order valence-electron chi connectivity index (χ2n) is 5.67. The summed E-state index contributed by atoms with van der Waals surface area (Å²) in [6.07, 6.45) is 2.40. The molecule has 0 amide bonds. The lowest BCUT2D eigenvalue weighted by Crippen LogP contribution is -2.35. The van der Waals surface area contributed by atoms with Gasteiger partial charge in [0, 0.05) is 33.3 Å². The molecule has 1 aliphatic heterocycles. The Hall–Kier alpha value is -1.75. The predicted octanol–water partition coefficient (Wildman–Crippen LogP) is 1.35. The molecule has 0 radical (unpaired) electrons. The number of fused-ring (bicyclic) bond motifs is 1. The Labute approximate surface area is 118 Å². The molecular weight excluding hydrogens is 254 g/mol. The largest absolute Gasteiger partial charge is 0.490 e. The van der Waals surface area contributed by atoms with E-state index in [2.05, 4.69) is 11.9 Å². The molecule has 0 bridgehead atoms. The van der Waals surface area contributed by atoms with Crippen molar-refractivity contribution in [3.8, 4) is 5.75 Å². The van der Waals surface area contributed by atoms with Crippen molar-refractivity contribution >= 4 is 11.0 Å². The van der Waals surface area contributed by atoms with Gasteiger partial charge < -0.3 is 9.64 Å². The molecule has 2 heterocycles. The van der Waals surface area contributed by atoms with Crippen LogP contribution in [0.3, 0.4) is 0 Å². The van der Waals surface area contributed by atoms with Crippen molar-refractivity contribution in [2.75, 3.05) is 20.1 Å². The topological polar surface area (TPSA) is 39.4 Å². The van der Waals surface area contributed by atoms with Crippen molar-refractivity contribution in [1.82, 2.24) is 14.0 Å². The molecule has 0 saturated carbocycles. The zero-order chi connectivity index (χ0) is 14.3. The Kier molecular flexibility index (Phi) is 3.30. The van der Waals surface area contributed by atoms with Gasteiger partial charge in [-0.3, -0.25) is 9.13 Å². The highest BCUT2D eigenvalue weighted by atomic mass is 16.5. The summed E-state index contributed by atoms with van der Waals surface area (Å²) in [5.74, 6) is 0.855. The summed E-state index contributed by atoms with van der Waals surface area (Å²) in [6.45, 7) is 2.16. The number of rotatable bonds is 2. The van der Waals surface area contributed by atoms with Gasteiger partial charge in [-0.15, -0.1) is 0 Å². The van der Waals surface area contributed by atoms with Crippen LogP contribution in [0.25, 0.3) is 11.0 Å². The van der Waals surface area contributed by atoms with Gasteiger partial charge in [-0.05, 0) is 32.0 Å². The van der Waals surface area contributed by atoms with Crippen molar-refractivity contribution in [2.24, 2.45) is 14.1 Å². The molecule has 1 saturated heterocycles. The van der Waals surface area contributed by atoms with Crippen LogP contribution in [0.5, 0.6) is 5.75 Å². The third-order valence-electron chi connectivity index (χ3n) is 4.21. The van der Waals surface area contributed by atoms with Crippen LogP contribution in [0.15, 0.2) is 23.0 Å². The fourth-order valence-corrected chi connectivity index (χ4v) is 2.86. The van der Waals surface area contributed by atoms with Crippen LogP contribution in [0, 0.1) is 0 Å². The van der Waals surface area contributed by atoms with Gasteiger partial charge in [-0.25, -0.2) is 4.79 Å². The smallest absolute Gasteiger partial charge is 0.328 e. The van der Waals surface area contributed by atoms with E-state index >= 15 is 0 Å². The molecule has 5 heteroatoms. The first-order chi connectivity index (χ1) is 9.56. The molecule has 0 N–H and O–H groups in total. The monoisotopic (exact) mass is 275 g/mol. The average Bonchev–Trinajstić information content (AvgIpc) is 2.66. The summed E-state index contributed by atoms with van der Waals surface area (Å²) in [5.41, 5.74) is 1.85. The van der Waals surface area contributed by atoms with Crippen LogP contribution in [-0.4, -0.2) is 40.3 Å². The lowest BCUT2D eigenvalue weighted by atomic mass is 10.1. The lowest BCUT2D eigenvalue weighted by Gasteiger charge is -2.29. The first kappa shape index (κ1) is 13.2. The quantitative estimate of drug-likeness (QED) is 0.830. The Morgan fingerprint density at radius 3 is 2.40 bits per heavy atom. The molecule has 108 valence electrons. The fourth-order valence-electron chi connectivity index (χ4n) is 2.86. The van der Waals surface area contributed by atoms with Gasteiger partial charge in [-0.1, -0.05) is 0 Å². The highest BCUT2D eigenvalue weighted by Gasteiger charge is 2.18. The summed E-state index contributed by atoms with van der Waals surface area (Å²) in [5, 5.41) is 0. The Balaban J connectivity index is 1.86. The normalized spacial score (nSPS) is 17.8. The molecule has 1 aromatic carbocycles. The van der Waals surface area contributed by atoms with Crippen molar-refractivity contribution in [2.45, 2.75) is 18.9 Å². The molecule has 20 heavy (non-hydrogen) atoms. The minimum atomic E-state index is -0.00330. The van der Waals surface area contributed by atoms with Crippen molar-refractivity contribution < 1.29 is 4.74 Å². The molecule has 1 fully saturated rings. The zero-order valence-electron chi connectivity index (χ0n) is 12.3. The summed E-state index contributed by atoms with van der Waals surface area (Å²) in [4.78, 5) is 14.2. The minimum Gasteiger partial charge on any atom is -0.490 e. The standard InChI is InChI=1S/C15H21N3O2/c1-16-8-6-11(7-9-16)20-12-4-5-13-14(10-12)18(3)15(19)17(13)2/h4-5,10-11H,6-9H2,1-3H3. The molecule has 1 aromatic heterocycles. The van der Waals surface area contributed by atoms with Crippen LogP contribution >= 0.6 is 0 Å². The predicted molar refractivity (Wildman–Crippen MR) is 79.3 cm³/mol. The van der Waals surface area contributed by atoms with E-state index in [-0.39, 0.29) is 11.8 Å². The number of hydrogen-bond donors (Lipinski definition) is 0. The summed E-state index contributed by atoms with van der Waals surface area (Å²) in [6, 6.07) is 5.89. The number of piperidine rings is 1. The summed E-state index contributed by atoms with van der Waals surface area (Å²) >= 11 is 0. The number of hydrogen-bond acceptors (Lipinski definition) is 3.